The molecule has 2 rings (SSSR count). The number of hydrogen-bond donors (Lipinski definition) is 1. The van der Waals surface area contributed by atoms with Crippen molar-refractivity contribution in [3.05, 3.63) is 28.8 Å². The standard InChI is InChI=1S/C15H20ClNO3S/c1-17(10-15(19)5-7-20-8-6-15)14(18)12-9-11(21-2)3-4-13(12)16/h3-4,9,19H,5-8,10H2,1-2H3. The van der Waals surface area contributed by atoms with Crippen LogP contribution in [0.3, 0.4) is 0 Å². The Kier molecular flexibility index (Phi) is 5.54. The zero-order valence-electron chi connectivity index (χ0n) is 12.3. The number of rotatable bonds is 4. The molecule has 0 radical (unpaired) electrons. The quantitative estimate of drug-likeness (QED) is 0.863. The lowest BCUT2D eigenvalue weighted by Crippen LogP contribution is -2.47. The first kappa shape index (κ1) is 16.6. The first-order valence-corrected chi connectivity index (χ1v) is 8.44. The van der Waals surface area contributed by atoms with Gasteiger partial charge in [-0.25, -0.2) is 0 Å². The highest BCUT2D eigenvalue weighted by Crippen LogP contribution is 2.26. The Morgan fingerprint density at radius 1 is 1.48 bits per heavy atom. The molecule has 1 aliphatic rings. The summed E-state index contributed by atoms with van der Waals surface area (Å²) in [6, 6.07) is 5.41. The lowest BCUT2D eigenvalue weighted by molar-refractivity contribution is -0.0734. The van der Waals surface area contributed by atoms with E-state index in [1.807, 2.05) is 12.3 Å². The van der Waals surface area contributed by atoms with Crippen LogP contribution in [0.15, 0.2) is 23.1 Å². The molecule has 0 bridgehead atoms. The molecular formula is C15H20ClNO3S. The minimum absolute atomic E-state index is 0.171. The van der Waals surface area contributed by atoms with Crippen LogP contribution in [0, 0.1) is 0 Å². The van der Waals surface area contributed by atoms with Crippen molar-refractivity contribution in [2.45, 2.75) is 23.3 Å². The molecule has 1 N–H and O–H groups in total. The van der Waals surface area contributed by atoms with Crippen molar-refractivity contribution in [2.24, 2.45) is 0 Å². The van der Waals surface area contributed by atoms with Crippen LogP contribution >= 0.6 is 23.4 Å². The van der Waals surface area contributed by atoms with Crippen LogP contribution in [0.25, 0.3) is 0 Å². The maximum Gasteiger partial charge on any atom is 0.255 e. The second-order valence-corrected chi connectivity index (χ2v) is 6.63. The van der Waals surface area contributed by atoms with Gasteiger partial charge in [0.05, 0.1) is 16.2 Å². The fourth-order valence-electron chi connectivity index (χ4n) is 2.42. The van der Waals surface area contributed by atoms with Crippen LogP contribution in [0.4, 0.5) is 0 Å². The summed E-state index contributed by atoms with van der Waals surface area (Å²) in [6.07, 6.45) is 3.04. The van der Waals surface area contributed by atoms with E-state index in [0.29, 0.717) is 36.6 Å². The van der Waals surface area contributed by atoms with Crippen molar-refractivity contribution in [1.82, 2.24) is 4.90 Å². The van der Waals surface area contributed by atoms with Gasteiger partial charge in [0.2, 0.25) is 0 Å². The van der Waals surface area contributed by atoms with E-state index in [1.54, 1.807) is 30.9 Å². The largest absolute Gasteiger partial charge is 0.388 e. The third kappa shape index (κ3) is 4.13. The van der Waals surface area contributed by atoms with Gasteiger partial charge in [-0.1, -0.05) is 11.6 Å². The number of carbonyl (C=O) groups is 1. The third-order valence-electron chi connectivity index (χ3n) is 3.71. The van der Waals surface area contributed by atoms with Gasteiger partial charge < -0.3 is 14.7 Å². The van der Waals surface area contributed by atoms with Gasteiger partial charge in [-0.2, -0.15) is 0 Å². The highest BCUT2D eigenvalue weighted by molar-refractivity contribution is 7.98. The number of aliphatic hydroxyl groups is 1. The summed E-state index contributed by atoms with van der Waals surface area (Å²) in [7, 11) is 1.69. The second kappa shape index (κ2) is 7.01. The maximum atomic E-state index is 12.5. The van der Waals surface area contributed by atoms with Gasteiger partial charge in [0.1, 0.15) is 0 Å². The van der Waals surface area contributed by atoms with Crippen molar-refractivity contribution in [1.29, 1.82) is 0 Å². The highest BCUT2D eigenvalue weighted by atomic mass is 35.5. The normalized spacial score (nSPS) is 17.5. The highest BCUT2D eigenvalue weighted by Gasteiger charge is 2.32. The van der Waals surface area contributed by atoms with Crippen LogP contribution in [-0.2, 0) is 4.74 Å². The average molecular weight is 330 g/mol. The molecule has 0 unspecified atom stereocenters. The molecule has 6 heteroatoms. The van der Waals surface area contributed by atoms with Gasteiger partial charge in [-0.15, -0.1) is 11.8 Å². The van der Waals surface area contributed by atoms with Gasteiger partial charge in [-0.05, 0) is 24.5 Å². The molecule has 116 valence electrons. The first-order valence-electron chi connectivity index (χ1n) is 6.84. The van der Waals surface area contributed by atoms with Crippen molar-refractivity contribution < 1.29 is 14.6 Å². The van der Waals surface area contributed by atoms with Gasteiger partial charge >= 0.3 is 0 Å². The molecule has 1 saturated heterocycles. The Bertz CT molecular complexity index is 518. The van der Waals surface area contributed by atoms with Gasteiger partial charge in [0, 0.05) is 44.5 Å². The van der Waals surface area contributed by atoms with Crippen LogP contribution in [0.5, 0.6) is 0 Å². The van der Waals surface area contributed by atoms with E-state index in [-0.39, 0.29) is 12.5 Å². The Morgan fingerprint density at radius 3 is 2.76 bits per heavy atom. The first-order chi connectivity index (χ1) is 9.95. The van der Waals surface area contributed by atoms with Crippen molar-refractivity contribution in [3.63, 3.8) is 0 Å². The van der Waals surface area contributed by atoms with Crippen LogP contribution in [0.1, 0.15) is 23.2 Å². The van der Waals surface area contributed by atoms with E-state index in [1.165, 1.54) is 4.90 Å². The number of benzene rings is 1. The SMILES string of the molecule is CSc1ccc(Cl)c(C(=O)N(C)CC2(O)CCOCC2)c1. The van der Waals surface area contributed by atoms with Crippen molar-refractivity contribution in [3.8, 4) is 0 Å². The minimum Gasteiger partial charge on any atom is -0.388 e. The number of likely N-dealkylation sites (N-methyl/N-ethyl adjacent to an activating group) is 1. The van der Waals surface area contributed by atoms with E-state index in [4.69, 9.17) is 16.3 Å². The van der Waals surface area contributed by atoms with E-state index in [2.05, 4.69) is 0 Å². The number of amides is 1. The molecule has 1 aliphatic heterocycles. The van der Waals surface area contributed by atoms with Crippen molar-refractivity contribution >= 4 is 29.3 Å². The molecule has 0 aromatic heterocycles. The van der Waals surface area contributed by atoms with Crippen LogP contribution in [-0.4, -0.2) is 54.6 Å². The Morgan fingerprint density at radius 2 is 2.14 bits per heavy atom. The Labute approximate surface area is 134 Å². The van der Waals surface area contributed by atoms with E-state index >= 15 is 0 Å². The summed E-state index contributed by atoms with van der Waals surface area (Å²) >= 11 is 7.69. The third-order valence-corrected chi connectivity index (χ3v) is 4.76. The van der Waals surface area contributed by atoms with E-state index < -0.39 is 5.60 Å². The number of ether oxygens (including phenoxy) is 1. The predicted molar refractivity (Wildman–Crippen MR) is 85.2 cm³/mol. The lowest BCUT2D eigenvalue weighted by Gasteiger charge is -2.35. The summed E-state index contributed by atoms with van der Waals surface area (Å²) in [6.45, 7) is 1.34. The zero-order valence-corrected chi connectivity index (χ0v) is 13.8. The number of thioether (sulfide) groups is 1. The van der Waals surface area contributed by atoms with Crippen molar-refractivity contribution in [2.75, 3.05) is 33.1 Å². The Balaban J connectivity index is 2.11. The molecular weight excluding hydrogens is 310 g/mol. The maximum absolute atomic E-state index is 12.5. The molecule has 0 atom stereocenters. The number of halogens is 1. The monoisotopic (exact) mass is 329 g/mol. The molecule has 21 heavy (non-hydrogen) atoms. The lowest BCUT2D eigenvalue weighted by atomic mass is 9.93. The fraction of sp³-hybridized carbons (Fsp3) is 0.533. The van der Waals surface area contributed by atoms with Gasteiger partial charge in [0.15, 0.2) is 0 Å². The van der Waals surface area contributed by atoms with Crippen LogP contribution in [0.2, 0.25) is 5.02 Å². The number of carbonyl (C=O) groups excluding carboxylic acids is 1. The summed E-state index contributed by atoms with van der Waals surface area (Å²) < 4.78 is 5.25. The topological polar surface area (TPSA) is 49.8 Å². The molecule has 0 spiro atoms. The van der Waals surface area contributed by atoms with Crippen LogP contribution < -0.4 is 0 Å². The summed E-state index contributed by atoms with van der Waals surface area (Å²) in [4.78, 5) is 15.1. The molecule has 1 aromatic carbocycles. The molecule has 0 saturated carbocycles. The minimum atomic E-state index is -0.869. The second-order valence-electron chi connectivity index (χ2n) is 5.34. The van der Waals surface area contributed by atoms with Gasteiger partial charge in [0.25, 0.3) is 5.91 Å². The number of hydrogen-bond acceptors (Lipinski definition) is 4. The van der Waals surface area contributed by atoms with Gasteiger partial charge in [-0.3, -0.25) is 4.79 Å². The summed E-state index contributed by atoms with van der Waals surface area (Å²) in [5.41, 5.74) is -0.395. The summed E-state index contributed by atoms with van der Waals surface area (Å²) in [5, 5.41) is 10.9. The smallest absolute Gasteiger partial charge is 0.255 e. The molecule has 1 amide bonds. The molecule has 1 heterocycles. The zero-order chi connectivity index (χ0) is 15.5. The molecule has 4 nitrogen and oxygen atoms in total. The predicted octanol–water partition coefficient (Wildman–Crippen LogP) is 2.68. The van der Waals surface area contributed by atoms with E-state index in [0.717, 1.165) is 4.90 Å². The number of nitrogens with zero attached hydrogens (tertiary/aromatic N) is 1. The molecule has 1 fully saturated rings. The molecule has 0 aliphatic carbocycles. The summed E-state index contributed by atoms with van der Waals surface area (Å²) in [5.74, 6) is -0.171. The van der Waals surface area contributed by atoms with E-state index in [9.17, 15) is 9.90 Å². The fourth-order valence-corrected chi connectivity index (χ4v) is 3.06. The average Bonchev–Trinajstić information content (AvgIpc) is 2.47. The Hall–Kier alpha value is -0.750. The molecule has 1 aromatic rings.